The van der Waals surface area contributed by atoms with E-state index >= 15 is 0 Å². The molecule has 1 aromatic carbocycles. The number of benzene rings is 1. The minimum atomic E-state index is -1.12. The lowest BCUT2D eigenvalue weighted by Gasteiger charge is -2.33. The summed E-state index contributed by atoms with van der Waals surface area (Å²) in [4.78, 5) is 61.5. The number of nitrogens with one attached hydrogen (secondary N) is 2. The van der Waals surface area contributed by atoms with Crippen LogP contribution in [0.15, 0.2) is 41.2 Å². The molecule has 13 heteroatoms. The van der Waals surface area contributed by atoms with Gasteiger partial charge in [-0.3, -0.25) is 14.4 Å². The van der Waals surface area contributed by atoms with Crippen molar-refractivity contribution in [3.05, 3.63) is 52.5 Å². The number of hydrogen-bond donors (Lipinski definition) is 3. The standard InChI is InChI=1S/C35H49N5O7S/c1-2-39-21-30(47-35(39)45)32(42)28(18-25-11-7-4-8-12-25)37-34(44)29(20-27-22-48-23-36-27)38-33(43)26(17-24-9-5-3-6-10-24)19-31(41)40-13-15-46-16-14-40/h3,5-6,9-10,22-23,25-26,28-30,32,42H,2,4,7-8,11-21H2,1H3,(H,37,44)(H,38,43)/t26-,28-,29-,30-,32-/m0/s1. The molecule has 0 radical (unpaired) electrons. The highest BCUT2D eigenvalue weighted by Gasteiger charge is 2.41. The van der Waals surface area contributed by atoms with E-state index in [4.69, 9.17) is 9.47 Å². The lowest BCUT2D eigenvalue weighted by molar-refractivity contribution is -0.140. The SMILES string of the molecule is CCN1C[C@@H]([C@@H](O)[C@H](CC2CCCCC2)NC(=O)[C@H](Cc2cscn2)NC(=O)[C@H](CC(=O)N2CCOCC2)Cc2ccccc2)OC1=O. The van der Waals surface area contributed by atoms with Crippen LogP contribution < -0.4 is 10.6 Å². The monoisotopic (exact) mass is 683 g/mol. The van der Waals surface area contributed by atoms with Crippen LogP contribution in [0.2, 0.25) is 0 Å². The Morgan fingerprint density at radius 2 is 1.79 bits per heavy atom. The van der Waals surface area contributed by atoms with Crippen LogP contribution >= 0.6 is 11.3 Å². The maximum absolute atomic E-state index is 14.1. The number of hydrogen-bond acceptors (Lipinski definition) is 9. The Balaban J connectivity index is 1.34. The fourth-order valence-corrected chi connectivity index (χ4v) is 7.50. The van der Waals surface area contributed by atoms with Crippen LogP contribution in [-0.2, 0) is 36.7 Å². The molecule has 3 N–H and O–H groups in total. The second kappa shape index (κ2) is 17.7. The van der Waals surface area contributed by atoms with Gasteiger partial charge >= 0.3 is 6.09 Å². The summed E-state index contributed by atoms with van der Waals surface area (Å²) in [6, 6.07) is 7.84. The van der Waals surface area contributed by atoms with Crippen molar-refractivity contribution >= 4 is 35.2 Å². The largest absolute Gasteiger partial charge is 0.441 e. The van der Waals surface area contributed by atoms with Crippen LogP contribution in [0.1, 0.15) is 63.1 Å². The van der Waals surface area contributed by atoms with E-state index in [0.29, 0.717) is 57.3 Å². The van der Waals surface area contributed by atoms with Crippen LogP contribution in [0.5, 0.6) is 0 Å². The van der Waals surface area contributed by atoms with Gasteiger partial charge in [0.05, 0.1) is 42.9 Å². The van der Waals surface area contributed by atoms with Crippen molar-refractivity contribution in [1.29, 1.82) is 0 Å². The zero-order valence-electron chi connectivity index (χ0n) is 27.8. The molecule has 4 amide bonds. The molecule has 0 unspecified atom stereocenters. The molecule has 3 heterocycles. The molecule has 1 saturated carbocycles. The minimum absolute atomic E-state index is 0.00420. The zero-order chi connectivity index (χ0) is 33.9. The van der Waals surface area contributed by atoms with E-state index in [0.717, 1.165) is 31.2 Å². The number of cyclic esters (lactones) is 1. The van der Waals surface area contributed by atoms with Crippen molar-refractivity contribution in [2.75, 3.05) is 39.4 Å². The second-order valence-electron chi connectivity index (χ2n) is 13.1. The molecule has 0 spiro atoms. The first kappa shape index (κ1) is 35.7. The molecule has 5 atom stereocenters. The lowest BCUT2D eigenvalue weighted by atomic mass is 9.83. The highest BCUT2D eigenvalue weighted by atomic mass is 32.1. The predicted octanol–water partition coefficient (Wildman–Crippen LogP) is 2.94. The molecule has 2 aliphatic heterocycles. The zero-order valence-corrected chi connectivity index (χ0v) is 28.6. The first-order valence-electron chi connectivity index (χ1n) is 17.3. The van der Waals surface area contributed by atoms with Crippen molar-refractivity contribution in [3.63, 3.8) is 0 Å². The summed E-state index contributed by atoms with van der Waals surface area (Å²) in [5, 5.41) is 19.4. The van der Waals surface area contributed by atoms with Gasteiger partial charge in [-0.25, -0.2) is 9.78 Å². The van der Waals surface area contributed by atoms with Crippen LogP contribution in [0.3, 0.4) is 0 Å². The number of nitrogens with zero attached hydrogens (tertiary/aromatic N) is 3. The number of thiazole rings is 1. The van der Waals surface area contributed by atoms with Crippen molar-refractivity contribution in [3.8, 4) is 0 Å². The van der Waals surface area contributed by atoms with E-state index in [-0.39, 0.29) is 25.3 Å². The summed E-state index contributed by atoms with van der Waals surface area (Å²) < 4.78 is 10.9. The first-order valence-corrected chi connectivity index (χ1v) is 18.3. The number of aliphatic hydroxyl groups excluding tert-OH is 1. The molecular weight excluding hydrogens is 634 g/mol. The first-order chi connectivity index (χ1) is 23.3. The average Bonchev–Trinajstić information content (AvgIpc) is 3.77. The van der Waals surface area contributed by atoms with Gasteiger partial charge in [0.25, 0.3) is 0 Å². The van der Waals surface area contributed by atoms with Crippen LogP contribution in [0, 0.1) is 11.8 Å². The third-order valence-corrected chi connectivity index (χ3v) is 10.4. The number of aliphatic hydroxyl groups is 1. The molecule has 3 fully saturated rings. The molecule has 1 aromatic heterocycles. The Bertz CT molecular complexity index is 1330. The summed E-state index contributed by atoms with van der Waals surface area (Å²) in [5.74, 6) is -1.38. The molecular formula is C35H49N5O7S. The lowest BCUT2D eigenvalue weighted by Crippen LogP contribution is -2.57. The van der Waals surface area contributed by atoms with Gasteiger partial charge in [0.1, 0.15) is 18.2 Å². The van der Waals surface area contributed by atoms with Crippen molar-refractivity contribution < 1.29 is 33.8 Å². The van der Waals surface area contributed by atoms with Gasteiger partial charge in [0.2, 0.25) is 17.7 Å². The summed E-state index contributed by atoms with van der Waals surface area (Å²) in [5.41, 5.74) is 3.24. The summed E-state index contributed by atoms with van der Waals surface area (Å²) in [7, 11) is 0. The Kier molecular flexibility index (Phi) is 13.2. The number of morpholine rings is 1. The van der Waals surface area contributed by atoms with Gasteiger partial charge in [-0.05, 0) is 31.2 Å². The molecule has 2 saturated heterocycles. The fourth-order valence-electron chi connectivity index (χ4n) is 6.93. The van der Waals surface area contributed by atoms with Gasteiger partial charge in [0, 0.05) is 37.9 Å². The minimum Gasteiger partial charge on any atom is -0.441 e. The van der Waals surface area contributed by atoms with E-state index < -0.39 is 48.1 Å². The topological polar surface area (TPSA) is 150 Å². The number of rotatable bonds is 15. The van der Waals surface area contributed by atoms with Gasteiger partial charge in [0.15, 0.2) is 0 Å². The Morgan fingerprint density at radius 3 is 2.46 bits per heavy atom. The smallest absolute Gasteiger partial charge is 0.410 e. The third kappa shape index (κ3) is 9.99. The van der Waals surface area contributed by atoms with E-state index in [1.54, 1.807) is 10.4 Å². The summed E-state index contributed by atoms with van der Waals surface area (Å²) in [6.07, 6.45) is 3.99. The molecule has 5 rings (SSSR count). The highest BCUT2D eigenvalue weighted by Crippen LogP contribution is 2.29. The van der Waals surface area contributed by atoms with Gasteiger partial charge in [-0.2, -0.15) is 0 Å². The van der Waals surface area contributed by atoms with Crippen molar-refractivity contribution in [2.24, 2.45) is 11.8 Å². The average molecular weight is 684 g/mol. The van der Waals surface area contributed by atoms with Crippen LogP contribution in [0.4, 0.5) is 4.79 Å². The molecule has 0 bridgehead atoms. The maximum atomic E-state index is 14.1. The van der Waals surface area contributed by atoms with E-state index in [2.05, 4.69) is 15.6 Å². The molecule has 3 aliphatic rings. The summed E-state index contributed by atoms with van der Waals surface area (Å²) in [6.45, 7) is 4.42. The van der Waals surface area contributed by atoms with E-state index in [1.807, 2.05) is 42.6 Å². The van der Waals surface area contributed by atoms with Gasteiger partial charge in [-0.1, -0.05) is 62.4 Å². The third-order valence-electron chi connectivity index (χ3n) is 9.74. The molecule has 12 nitrogen and oxygen atoms in total. The van der Waals surface area contributed by atoms with E-state index in [9.17, 15) is 24.3 Å². The number of aromatic nitrogens is 1. The Hall–Kier alpha value is -3.55. The van der Waals surface area contributed by atoms with Gasteiger partial charge < -0.3 is 35.0 Å². The van der Waals surface area contributed by atoms with Crippen LogP contribution in [-0.4, -0.2) is 107 Å². The molecule has 262 valence electrons. The number of carbonyl (C=O) groups excluding carboxylic acids is 4. The predicted molar refractivity (Wildman–Crippen MR) is 180 cm³/mol. The number of likely N-dealkylation sites (N-methyl/N-ethyl adjacent to an activating group) is 1. The number of carbonyl (C=O) groups is 4. The quantitative estimate of drug-likeness (QED) is 0.260. The summed E-state index contributed by atoms with van der Waals surface area (Å²) >= 11 is 1.40. The second-order valence-corrected chi connectivity index (χ2v) is 13.9. The highest BCUT2D eigenvalue weighted by molar-refractivity contribution is 7.07. The van der Waals surface area contributed by atoms with Crippen molar-refractivity contribution in [2.45, 2.75) is 89.0 Å². The Labute approximate surface area is 286 Å². The van der Waals surface area contributed by atoms with E-state index in [1.165, 1.54) is 22.7 Å². The Morgan fingerprint density at radius 1 is 1.04 bits per heavy atom. The number of amides is 4. The normalized spacial score (nSPS) is 21.2. The maximum Gasteiger partial charge on any atom is 0.410 e. The molecule has 2 aromatic rings. The van der Waals surface area contributed by atoms with Crippen molar-refractivity contribution in [1.82, 2.24) is 25.4 Å². The van der Waals surface area contributed by atoms with Crippen LogP contribution in [0.25, 0.3) is 0 Å². The van der Waals surface area contributed by atoms with Gasteiger partial charge in [-0.15, -0.1) is 11.3 Å². The molecule has 48 heavy (non-hydrogen) atoms. The molecule has 1 aliphatic carbocycles. The fraction of sp³-hybridized carbons (Fsp3) is 0.629. The number of ether oxygens (including phenoxy) is 2.